The predicted octanol–water partition coefficient (Wildman–Crippen LogP) is 4.50. The maximum Gasteiger partial charge on any atom is 0.326 e. The minimum Gasteiger partial charge on any atom is -0.421 e. The SMILES string of the molecule is COC1CCN(c2cc(NC3=NCC(C)=C3)nc(Oc3cc(F)c4c(c3F)C=C(C)C4)n2)C1. The molecule has 9 heteroatoms. The van der Waals surface area contributed by atoms with E-state index in [9.17, 15) is 4.39 Å². The molecular formula is C24H25F2N5O2. The molecule has 1 aromatic carbocycles. The van der Waals surface area contributed by atoms with Gasteiger partial charge in [0, 0.05) is 43.5 Å². The molecule has 0 radical (unpaired) electrons. The van der Waals surface area contributed by atoms with E-state index in [-0.39, 0.29) is 23.4 Å². The Kier molecular flexibility index (Phi) is 5.57. The van der Waals surface area contributed by atoms with Crippen LogP contribution in [-0.2, 0) is 11.2 Å². The number of fused-ring (bicyclic) bond motifs is 1. The van der Waals surface area contributed by atoms with Crippen LogP contribution in [-0.4, -0.2) is 48.7 Å². The molecule has 1 aromatic heterocycles. The van der Waals surface area contributed by atoms with Crippen LogP contribution >= 0.6 is 0 Å². The second kappa shape index (κ2) is 8.55. The first kappa shape index (κ1) is 21.5. The zero-order valence-corrected chi connectivity index (χ0v) is 18.8. The molecule has 1 N–H and O–H groups in total. The number of aromatic nitrogens is 2. The summed E-state index contributed by atoms with van der Waals surface area (Å²) in [6.45, 7) is 5.88. The number of ether oxygens (including phenoxy) is 2. The number of nitrogens with zero attached hydrogens (tertiary/aromatic N) is 4. The van der Waals surface area contributed by atoms with Crippen molar-refractivity contribution in [1.82, 2.24) is 9.97 Å². The summed E-state index contributed by atoms with van der Waals surface area (Å²) in [6, 6.07) is 2.78. The summed E-state index contributed by atoms with van der Waals surface area (Å²) in [4.78, 5) is 15.3. The van der Waals surface area contributed by atoms with Crippen molar-refractivity contribution in [3.05, 3.63) is 52.1 Å². The van der Waals surface area contributed by atoms with Crippen LogP contribution < -0.4 is 15.0 Å². The molecule has 3 aliphatic rings. The lowest BCUT2D eigenvalue weighted by Crippen LogP contribution is -2.23. The Hall–Kier alpha value is -3.33. The maximum atomic E-state index is 15.1. The summed E-state index contributed by atoms with van der Waals surface area (Å²) in [5.74, 6) is 0.371. The van der Waals surface area contributed by atoms with Crippen LogP contribution in [0.2, 0.25) is 0 Å². The van der Waals surface area contributed by atoms with E-state index in [0.29, 0.717) is 42.5 Å². The van der Waals surface area contributed by atoms with Gasteiger partial charge in [-0.15, -0.1) is 0 Å². The molecule has 5 rings (SSSR count). The van der Waals surface area contributed by atoms with Crippen molar-refractivity contribution >= 4 is 23.5 Å². The van der Waals surface area contributed by atoms with E-state index in [2.05, 4.69) is 25.2 Å². The van der Waals surface area contributed by atoms with E-state index in [1.165, 1.54) is 0 Å². The molecule has 7 nitrogen and oxygen atoms in total. The molecule has 0 spiro atoms. The minimum atomic E-state index is -0.619. The van der Waals surface area contributed by atoms with Crippen LogP contribution in [0.1, 0.15) is 31.4 Å². The smallest absolute Gasteiger partial charge is 0.326 e. The predicted molar refractivity (Wildman–Crippen MR) is 123 cm³/mol. The molecule has 1 saturated heterocycles. The van der Waals surface area contributed by atoms with Gasteiger partial charge in [0.2, 0.25) is 0 Å². The lowest BCUT2D eigenvalue weighted by molar-refractivity contribution is 0.121. The molecule has 172 valence electrons. The zero-order chi connectivity index (χ0) is 23.1. The van der Waals surface area contributed by atoms with Gasteiger partial charge in [-0.2, -0.15) is 9.97 Å². The lowest BCUT2D eigenvalue weighted by atomic mass is 10.1. The lowest BCUT2D eigenvalue weighted by Gasteiger charge is -2.19. The quantitative estimate of drug-likeness (QED) is 0.719. The summed E-state index contributed by atoms with van der Waals surface area (Å²) in [5.41, 5.74) is 2.59. The Labute approximate surface area is 190 Å². The van der Waals surface area contributed by atoms with Crippen LogP contribution in [0.4, 0.5) is 20.4 Å². The number of rotatable bonds is 5. The van der Waals surface area contributed by atoms with E-state index < -0.39 is 11.6 Å². The van der Waals surface area contributed by atoms with Gasteiger partial charge in [-0.05, 0) is 38.3 Å². The number of benzene rings is 1. The molecular weight excluding hydrogens is 428 g/mol. The van der Waals surface area contributed by atoms with E-state index in [0.717, 1.165) is 30.2 Å². The van der Waals surface area contributed by atoms with Gasteiger partial charge in [-0.1, -0.05) is 11.6 Å². The summed E-state index contributed by atoms with van der Waals surface area (Å²) in [6.07, 6.45) is 4.94. The fourth-order valence-electron chi connectivity index (χ4n) is 4.29. The first-order valence-corrected chi connectivity index (χ1v) is 10.9. The van der Waals surface area contributed by atoms with Gasteiger partial charge in [-0.25, -0.2) is 8.78 Å². The zero-order valence-electron chi connectivity index (χ0n) is 18.8. The van der Waals surface area contributed by atoms with Crippen molar-refractivity contribution in [2.24, 2.45) is 4.99 Å². The van der Waals surface area contributed by atoms with Gasteiger partial charge in [0.25, 0.3) is 0 Å². The summed E-state index contributed by atoms with van der Waals surface area (Å²) in [7, 11) is 1.68. The van der Waals surface area contributed by atoms with Gasteiger partial charge in [-0.3, -0.25) is 4.99 Å². The number of amidine groups is 1. The molecule has 2 aromatic rings. The maximum absolute atomic E-state index is 15.1. The van der Waals surface area contributed by atoms with Crippen LogP contribution in [0.3, 0.4) is 0 Å². The highest BCUT2D eigenvalue weighted by molar-refractivity contribution is 6.05. The normalized spacial score (nSPS) is 19.4. The Morgan fingerprint density at radius 2 is 1.97 bits per heavy atom. The number of hydrogen-bond donors (Lipinski definition) is 1. The highest BCUT2D eigenvalue weighted by atomic mass is 19.1. The van der Waals surface area contributed by atoms with Crippen molar-refractivity contribution in [2.45, 2.75) is 32.8 Å². The molecule has 1 unspecified atom stereocenters. The van der Waals surface area contributed by atoms with Crippen LogP contribution in [0.5, 0.6) is 11.8 Å². The standard InChI is InChI=1S/C24H25F2N5O2/c1-13-6-16-17(7-13)23(26)19(9-18(16)25)33-24-29-21(28-20-8-14(2)11-27-20)10-22(30-24)31-5-4-15(12-31)32-3/h7-10,15H,4-6,11-12H2,1-3H3,(H,27,28,29,30). The number of halogens is 2. The average Bonchev–Trinajstić information content (AvgIpc) is 3.51. The number of methoxy groups -OCH3 is 1. The van der Waals surface area contributed by atoms with Gasteiger partial charge >= 0.3 is 6.01 Å². The summed E-state index contributed by atoms with van der Waals surface area (Å²) >= 11 is 0. The van der Waals surface area contributed by atoms with Gasteiger partial charge in [0.1, 0.15) is 23.3 Å². The third-order valence-electron chi connectivity index (χ3n) is 6.00. The fraction of sp³-hybridized carbons (Fsp3) is 0.375. The third-order valence-corrected chi connectivity index (χ3v) is 6.00. The van der Waals surface area contributed by atoms with E-state index in [1.807, 2.05) is 19.9 Å². The van der Waals surface area contributed by atoms with E-state index >= 15 is 4.39 Å². The average molecular weight is 453 g/mol. The van der Waals surface area contributed by atoms with E-state index in [4.69, 9.17) is 9.47 Å². The molecule has 33 heavy (non-hydrogen) atoms. The molecule has 1 atom stereocenters. The molecule has 3 heterocycles. The minimum absolute atomic E-state index is 0.0767. The van der Waals surface area contributed by atoms with E-state index in [1.54, 1.807) is 19.3 Å². The number of allylic oxidation sites excluding steroid dienone is 1. The fourth-order valence-corrected chi connectivity index (χ4v) is 4.29. The summed E-state index contributed by atoms with van der Waals surface area (Å²) in [5, 5.41) is 3.17. The Morgan fingerprint density at radius 1 is 1.12 bits per heavy atom. The van der Waals surface area contributed by atoms with Crippen molar-refractivity contribution in [3.8, 4) is 11.8 Å². The number of anilines is 2. The van der Waals surface area contributed by atoms with Crippen molar-refractivity contribution < 1.29 is 18.3 Å². The van der Waals surface area contributed by atoms with Gasteiger partial charge in [0.05, 0.1) is 12.6 Å². The topological polar surface area (TPSA) is 71.9 Å². The molecule has 0 saturated carbocycles. The number of hydrogen-bond acceptors (Lipinski definition) is 7. The van der Waals surface area contributed by atoms with Crippen LogP contribution in [0, 0.1) is 11.6 Å². The van der Waals surface area contributed by atoms with Crippen LogP contribution in [0.15, 0.2) is 34.3 Å². The van der Waals surface area contributed by atoms with Gasteiger partial charge < -0.3 is 19.7 Å². The first-order chi connectivity index (χ1) is 15.9. The van der Waals surface area contributed by atoms with Crippen molar-refractivity contribution in [3.63, 3.8) is 0 Å². The third kappa shape index (κ3) is 4.32. The molecule has 2 aliphatic heterocycles. The Balaban J connectivity index is 1.49. The van der Waals surface area contributed by atoms with Crippen molar-refractivity contribution in [1.29, 1.82) is 0 Å². The first-order valence-electron chi connectivity index (χ1n) is 10.9. The molecule has 0 bridgehead atoms. The second-order valence-electron chi connectivity index (χ2n) is 8.64. The highest BCUT2D eigenvalue weighted by Gasteiger charge is 2.26. The summed E-state index contributed by atoms with van der Waals surface area (Å²) < 4.78 is 40.9. The molecule has 1 aliphatic carbocycles. The Morgan fingerprint density at radius 3 is 2.70 bits per heavy atom. The van der Waals surface area contributed by atoms with Crippen LogP contribution in [0.25, 0.3) is 6.08 Å². The number of nitrogens with one attached hydrogen (secondary N) is 1. The second-order valence-corrected chi connectivity index (χ2v) is 8.64. The number of aliphatic imine (C=N–C) groups is 1. The monoisotopic (exact) mass is 453 g/mol. The Bertz CT molecular complexity index is 1210. The van der Waals surface area contributed by atoms with Crippen molar-refractivity contribution in [2.75, 3.05) is 37.0 Å². The largest absolute Gasteiger partial charge is 0.421 e. The van der Waals surface area contributed by atoms with Gasteiger partial charge in [0.15, 0.2) is 11.6 Å². The molecule has 1 fully saturated rings. The highest BCUT2D eigenvalue weighted by Crippen LogP contribution is 2.36. The molecule has 0 amide bonds.